The number of methoxy groups -OCH3 is 2. The van der Waals surface area contributed by atoms with Crippen molar-refractivity contribution in [2.75, 3.05) is 20.8 Å². The molecule has 3 N–H and O–H groups in total. The van der Waals surface area contributed by atoms with Crippen LogP contribution < -0.4 is 15.2 Å². The first-order valence-electron chi connectivity index (χ1n) is 5.64. The minimum absolute atomic E-state index is 0.321. The summed E-state index contributed by atoms with van der Waals surface area (Å²) in [5, 5.41) is 1.14. The minimum Gasteiger partial charge on any atom is -0.493 e. The lowest BCUT2D eigenvalue weighted by Gasteiger charge is -2.10. The molecule has 0 saturated carbocycles. The van der Waals surface area contributed by atoms with Gasteiger partial charge in [0.05, 0.1) is 14.2 Å². The number of nitrogens with one attached hydrogen (secondary N) is 1. The first-order chi connectivity index (χ1) is 8.21. The second kappa shape index (κ2) is 4.67. The lowest BCUT2D eigenvalue weighted by molar-refractivity contribution is 0.356. The third-order valence-corrected chi connectivity index (χ3v) is 3.10. The van der Waals surface area contributed by atoms with E-state index in [1.54, 1.807) is 14.2 Å². The molecule has 0 spiro atoms. The normalized spacial score (nSPS) is 12.7. The van der Waals surface area contributed by atoms with Crippen molar-refractivity contribution in [2.45, 2.75) is 12.8 Å². The number of rotatable bonds is 4. The Morgan fingerprint density at radius 1 is 1.24 bits per heavy atom. The van der Waals surface area contributed by atoms with Gasteiger partial charge in [-0.15, -0.1) is 0 Å². The number of hydrogen-bond acceptors (Lipinski definition) is 3. The van der Waals surface area contributed by atoms with Crippen molar-refractivity contribution >= 4 is 10.9 Å². The molecule has 1 aromatic carbocycles. The van der Waals surface area contributed by atoms with Gasteiger partial charge >= 0.3 is 0 Å². The summed E-state index contributed by atoms with van der Waals surface area (Å²) in [5.74, 6) is 1.79. The van der Waals surface area contributed by atoms with Gasteiger partial charge in [-0.25, -0.2) is 0 Å². The number of fused-ring (bicyclic) bond motifs is 1. The maximum absolute atomic E-state index is 5.71. The molecule has 0 radical (unpaired) electrons. The number of nitrogens with two attached hydrogens (primary N) is 1. The van der Waals surface area contributed by atoms with Gasteiger partial charge in [0.2, 0.25) is 0 Å². The van der Waals surface area contributed by atoms with Crippen molar-refractivity contribution in [1.29, 1.82) is 0 Å². The van der Waals surface area contributed by atoms with Gasteiger partial charge in [0, 0.05) is 23.2 Å². The fourth-order valence-electron chi connectivity index (χ4n) is 2.01. The summed E-state index contributed by atoms with van der Waals surface area (Å²) in [6.07, 6.45) is 2.00. The zero-order valence-corrected chi connectivity index (χ0v) is 10.4. The van der Waals surface area contributed by atoms with Crippen molar-refractivity contribution in [2.24, 2.45) is 5.73 Å². The number of ether oxygens (including phenoxy) is 2. The van der Waals surface area contributed by atoms with Crippen molar-refractivity contribution in [3.63, 3.8) is 0 Å². The summed E-state index contributed by atoms with van der Waals surface area (Å²) < 4.78 is 10.6. The predicted molar refractivity (Wildman–Crippen MR) is 68.9 cm³/mol. The lowest BCUT2D eigenvalue weighted by atomic mass is 10.0. The van der Waals surface area contributed by atoms with E-state index in [0.717, 1.165) is 22.4 Å². The van der Waals surface area contributed by atoms with Gasteiger partial charge in [0.1, 0.15) is 0 Å². The van der Waals surface area contributed by atoms with Crippen LogP contribution in [0.4, 0.5) is 0 Å². The number of aromatic amines is 1. The molecule has 0 saturated heterocycles. The highest BCUT2D eigenvalue weighted by Gasteiger charge is 2.13. The van der Waals surface area contributed by atoms with Crippen LogP contribution in [0.25, 0.3) is 10.9 Å². The summed E-state index contributed by atoms with van der Waals surface area (Å²) in [6, 6.07) is 3.94. The highest BCUT2D eigenvalue weighted by atomic mass is 16.5. The molecule has 17 heavy (non-hydrogen) atoms. The molecule has 2 rings (SSSR count). The summed E-state index contributed by atoms with van der Waals surface area (Å²) in [5.41, 5.74) is 7.96. The highest BCUT2D eigenvalue weighted by Crippen LogP contribution is 2.35. The van der Waals surface area contributed by atoms with Crippen LogP contribution in [-0.2, 0) is 0 Å². The molecule has 0 fully saturated rings. The number of H-pyrrole nitrogens is 1. The highest BCUT2D eigenvalue weighted by molar-refractivity contribution is 5.87. The maximum Gasteiger partial charge on any atom is 0.162 e. The standard InChI is InChI=1S/C13H18N2O2/c1-8(6-14)10-7-15-11-5-13(17-3)12(16-2)4-9(10)11/h4-5,7-8,15H,6,14H2,1-3H3. The average molecular weight is 234 g/mol. The summed E-state index contributed by atoms with van der Waals surface area (Å²) in [7, 11) is 3.28. The van der Waals surface area contributed by atoms with E-state index in [9.17, 15) is 0 Å². The smallest absolute Gasteiger partial charge is 0.162 e. The molecule has 0 aliphatic rings. The Labute approximate surface area is 101 Å². The van der Waals surface area contributed by atoms with Gasteiger partial charge in [0.25, 0.3) is 0 Å². The second-order valence-electron chi connectivity index (χ2n) is 4.13. The Hall–Kier alpha value is -1.68. The number of hydrogen-bond donors (Lipinski definition) is 2. The SMILES string of the molecule is COc1cc2[nH]cc(C(C)CN)c2cc1OC. The van der Waals surface area contributed by atoms with E-state index < -0.39 is 0 Å². The summed E-state index contributed by atoms with van der Waals surface area (Å²) in [6.45, 7) is 2.74. The topological polar surface area (TPSA) is 60.3 Å². The molecule has 0 bridgehead atoms. The van der Waals surface area contributed by atoms with Crippen LogP contribution in [0, 0.1) is 0 Å². The Morgan fingerprint density at radius 3 is 2.47 bits per heavy atom. The molecular weight excluding hydrogens is 216 g/mol. The van der Waals surface area contributed by atoms with E-state index in [2.05, 4.69) is 11.9 Å². The second-order valence-corrected chi connectivity index (χ2v) is 4.13. The zero-order valence-electron chi connectivity index (χ0n) is 10.4. The Morgan fingerprint density at radius 2 is 1.88 bits per heavy atom. The van der Waals surface area contributed by atoms with Crippen LogP contribution in [0.2, 0.25) is 0 Å². The molecule has 0 aliphatic carbocycles. The molecular formula is C13H18N2O2. The molecule has 1 aromatic heterocycles. The molecule has 1 unspecified atom stereocenters. The van der Waals surface area contributed by atoms with Crippen LogP contribution in [0.15, 0.2) is 18.3 Å². The van der Waals surface area contributed by atoms with Gasteiger partial charge in [-0.05, 0) is 24.1 Å². The van der Waals surface area contributed by atoms with E-state index in [-0.39, 0.29) is 0 Å². The van der Waals surface area contributed by atoms with E-state index in [0.29, 0.717) is 12.5 Å². The van der Waals surface area contributed by atoms with E-state index >= 15 is 0 Å². The molecule has 2 aromatic rings. The predicted octanol–water partition coefficient (Wildman–Crippen LogP) is 2.25. The molecule has 4 heteroatoms. The third kappa shape index (κ3) is 1.96. The van der Waals surface area contributed by atoms with E-state index in [1.165, 1.54) is 5.56 Å². The molecule has 1 heterocycles. The van der Waals surface area contributed by atoms with Gasteiger partial charge in [-0.3, -0.25) is 0 Å². The maximum atomic E-state index is 5.71. The fourth-order valence-corrected chi connectivity index (χ4v) is 2.01. The summed E-state index contributed by atoms with van der Waals surface area (Å²) >= 11 is 0. The van der Waals surface area contributed by atoms with Crippen molar-refractivity contribution in [1.82, 2.24) is 4.98 Å². The average Bonchev–Trinajstić information content (AvgIpc) is 2.78. The molecule has 1 atom stereocenters. The van der Waals surface area contributed by atoms with Gasteiger partial charge in [-0.2, -0.15) is 0 Å². The fraction of sp³-hybridized carbons (Fsp3) is 0.385. The molecule has 0 amide bonds. The van der Waals surface area contributed by atoms with Crippen LogP contribution in [0.3, 0.4) is 0 Å². The Bertz CT molecular complexity index is 519. The van der Waals surface area contributed by atoms with Gasteiger partial charge < -0.3 is 20.2 Å². The van der Waals surface area contributed by atoms with Crippen LogP contribution in [-0.4, -0.2) is 25.7 Å². The van der Waals surface area contributed by atoms with Crippen molar-refractivity contribution in [3.8, 4) is 11.5 Å². The molecule has 4 nitrogen and oxygen atoms in total. The largest absolute Gasteiger partial charge is 0.493 e. The first kappa shape index (κ1) is 11.8. The number of aromatic nitrogens is 1. The zero-order chi connectivity index (χ0) is 12.4. The quantitative estimate of drug-likeness (QED) is 0.853. The molecule has 92 valence electrons. The third-order valence-electron chi connectivity index (χ3n) is 3.10. The van der Waals surface area contributed by atoms with Gasteiger partial charge in [0.15, 0.2) is 11.5 Å². The lowest BCUT2D eigenvalue weighted by Crippen LogP contribution is -2.08. The first-order valence-corrected chi connectivity index (χ1v) is 5.64. The van der Waals surface area contributed by atoms with Crippen LogP contribution in [0.1, 0.15) is 18.4 Å². The summed E-state index contributed by atoms with van der Waals surface area (Å²) in [4.78, 5) is 3.24. The molecule has 0 aliphatic heterocycles. The van der Waals surface area contributed by atoms with E-state index in [1.807, 2.05) is 18.3 Å². The van der Waals surface area contributed by atoms with Crippen molar-refractivity contribution in [3.05, 3.63) is 23.9 Å². The van der Waals surface area contributed by atoms with Gasteiger partial charge in [-0.1, -0.05) is 6.92 Å². The van der Waals surface area contributed by atoms with Crippen molar-refractivity contribution < 1.29 is 9.47 Å². The Balaban J connectivity index is 2.60. The monoisotopic (exact) mass is 234 g/mol. The minimum atomic E-state index is 0.321. The number of benzene rings is 1. The Kier molecular flexibility index (Phi) is 3.24. The van der Waals surface area contributed by atoms with E-state index in [4.69, 9.17) is 15.2 Å². The van der Waals surface area contributed by atoms with Crippen LogP contribution in [0.5, 0.6) is 11.5 Å². The van der Waals surface area contributed by atoms with Crippen LogP contribution >= 0.6 is 0 Å².